The van der Waals surface area contributed by atoms with Gasteiger partial charge in [0.1, 0.15) is 5.82 Å². The van der Waals surface area contributed by atoms with Crippen LogP contribution in [-0.2, 0) is 0 Å². The summed E-state index contributed by atoms with van der Waals surface area (Å²) in [4.78, 5) is 4.24. The average molecular weight is 210 g/mol. The number of aryl methyl sites for hydroxylation is 1. The Morgan fingerprint density at radius 1 is 1.57 bits per heavy atom. The van der Waals surface area contributed by atoms with Gasteiger partial charge in [0.15, 0.2) is 0 Å². The van der Waals surface area contributed by atoms with Crippen molar-refractivity contribution >= 4 is 17.6 Å². The largest absolute Gasteiger partial charge is 0.370 e. The molecule has 0 amide bonds. The number of rotatable bonds is 5. The molecule has 0 aromatic carbocycles. The highest BCUT2D eigenvalue weighted by atomic mass is 32.2. The molecule has 1 aromatic rings. The second kappa shape index (κ2) is 5.91. The average Bonchev–Trinajstić information content (AvgIpc) is 2.17. The standard InChI is InChI=1S/C11H18N2S/c1-9-4-6-12-11(8-9)13-7-5-10(2)14-3/h4,6,8,10H,5,7H2,1-3H3,(H,12,13). The van der Waals surface area contributed by atoms with Crippen molar-refractivity contribution in [2.24, 2.45) is 0 Å². The fraction of sp³-hybridized carbons (Fsp3) is 0.545. The Kier molecular flexibility index (Phi) is 4.80. The van der Waals surface area contributed by atoms with Gasteiger partial charge in [-0.25, -0.2) is 4.98 Å². The van der Waals surface area contributed by atoms with E-state index in [4.69, 9.17) is 0 Å². The maximum absolute atomic E-state index is 4.24. The molecule has 0 spiro atoms. The van der Waals surface area contributed by atoms with Crippen LogP contribution in [0.3, 0.4) is 0 Å². The number of hydrogen-bond acceptors (Lipinski definition) is 3. The van der Waals surface area contributed by atoms with Crippen molar-refractivity contribution in [1.29, 1.82) is 0 Å². The van der Waals surface area contributed by atoms with Crippen LogP contribution < -0.4 is 5.32 Å². The van der Waals surface area contributed by atoms with E-state index in [1.54, 1.807) is 0 Å². The molecule has 1 heterocycles. The normalized spacial score (nSPS) is 12.5. The van der Waals surface area contributed by atoms with Gasteiger partial charge in [0.2, 0.25) is 0 Å². The SMILES string of the molecule is CSC(C)CCNc1cc(C)ccn1. The van der Waals surface area contributed by atoms with Gasteiger partial charge in [0.25, 0.3) is 0 Å². The summed E-state index contributed by atoms with van der Waals surface area (Å²) in [5.74, 6) is 0.985. The zero-order valence-electron chi connectivity index (χ0n) is 9.08. The number of nitrogens with one attached hydrogen (secondary N) is 1. The molecule has 3 heteroatoms. The molecule has 1 N–H and O–H groups in total. The van der Waals surface area contributed by atoms with E-state index < -0.39 is 0 Å². The molecule has 1 atom stereocenters. The van der Waals surface area contributed by atoms with Gasteiger partial charge in [-0.15, -0.1) is 0 Å². The predicted octanol–water partition coefficient (Wildman–Crippen LogP) is 2.94. The first-order valence-corrected chi connectivity index (χ1v) is 6.20. The summed E-state index contributed by atoms with van der Waals surface area (Å²) in [6, 6.07) is 4.08. The lowest BCUT2D eigenvalue weighted by Crippen LogP contribution is -2.08. The summed E-state index contributed by atoms with van der Waals surface area (Å²) in [5, 5.41) is 4.04. The predicted molar refractivity (Wildman–Crippen MR) is 65.1 cm³/mol. The van der Waals surface area contributed by atoms with Crippen molar-refractivity contribution in [3.05, 3.63) is 23.9 Å². The Morgan fingerprint density at radius 2 is 2.36 bits per heavy atom. The highest BCUT2D eigenvalue weighted by Crippen LogP contribution is 2.10. The minimum Gasteiger partial charge on any atom is -0.370 e. The molecular weight excluding hydrogens is 192 g/mol. The summed E-state index contributed by atoms with van der Waals surface area (Å²) in [5.41, 5.74) is 1.25. The quantitative estimate of drug-likeness (QED) is 0.809. The molecule has 0 radical (unpaired) electrons. The molecule has 0 aliphatic carbocycles. The van der Waals surface area contributed by atoms with Crippen molar-refractivity contribution < 1.29 is 0 Å². The van der Waals surface area contributed by atoms with Crippen molar-refractivity contribution in [3.8, 4) is 0 Å². The number of hydrogen-bond donors (Lipinski definition) is 1. The van der Waals surface area contributed by atoms with Crippen LogP contribution in [-0.4, -0.2) is 23.0 Å². The molecule has 0 saturated heterocycles. The van der Waals surface area contributed by atoms with E-state index >= 15 is 0 Å². The number of aromatic nitrogens is 1. The van der Waals surface area contributed by atoms with Gasteiger partial charge in [0.05, 0.1) is 0 Å². The van der Waals surface area contributed by atoms with E-state index in [1.807, 2.05) is 24.0 Å². The number of pyridine rings is 1. The third-order valence-electron chi connectivity index (χ3n) is 2.17. The Morgan fingerprint density at radius 3 is 3.00 bits per heavy atom. The second-order valence-electron chi connectivity index (χ2n) is 3.48. The highest BCUT2D eigenvalue weighted by molar-refractivity contribution is 7.99. The number of thioether (sulfide) groups is 1. The first kappa shape index (κ1) is 11.4. The van der Waals surface area contributed by atoms with E-state index in [2.05, 4.69) is 36.5 Å². The van der Waals surface area contributed by atoms with Gasteiger partial charge >= 0.3 is 0 Å². The monoisotopic (exact) mass is 210 g/mol. The molecule has 1 aromatic heterocycles. The number of nitrogens with zero attached hydrogens (tertiary/aromatic N) is 1. The van der Waals surface area contributed by atoms with Crippen molar-refractivity contribution in [3.63, 3.8) is 0 Å². The Hall–Kier alpha value is -0.700. The van der Waals surface area contributed by atoms with Crippen molar-refractivity contribution in [2.45, 2.75) is 25.5 Å². The molecule has 2 nitrogen and oxygen atoms in total. The van der Waals surface area contributed by atoms with Crippen LogP contribution in [0.2, 0.25) is 0 Å². The lowest BCUT2D eigenvalue weighted by atomic mass is 10.3. The summed E-state index contributed by atoms with van der Waals surface area (Å²) >= 11 is 1.90. The smallest absolute Gasteiger partial charge is 0.126 e. The van der Waals surface area contributed by atoms with Crippen LogP contribution in [0.5, 0.6) is 0 Å². The summed E-state index contributed by atoms with van der Waals surface area (Å²) in [7, 11) is 0. The first-order chi connectivity index (χ1) is 6.72. The molecule has 0 aliphatic rings. The second-order valence-corrected chi connectivity index (χ2v) is 4.76. The van der Waals surface area contributed by atoms with Gasteiger partial charge in [-0.2, -0.15) is 11.8 Å². The van der Waals surface area contributed by atoms with Gasteiger partial charge in [-0.05, 0) is 37.3 Å². The Balaban J connectivity index is 2.31. The molecule has 78 valence electrons. The molecular formula is C11H18N2S. The van der Waals surface area contributed by atoms with Crippen LogP contribution in [0.1, 0.15) is 18.9 Å². The van der Waals surface area contributed by atoms with Gasteiger partial charge < -0.3 is 5.32 Å². The van der Waals surface area contributed by atoms with E-state index in [1.165, 1.54) is 12.0 Å². The Bertz CT molecular complexity index is 276. The lowest BCUT2D eigenvalue weighted by molar-refractivity contribution is 0.850. The zero-order chi connectivity index (χ0) is 10.4. The van der Waals surface area contributed by atoms with Crippen molar-refractivity contribution in [2.75, 3.05) is 18.1 Å². The van der Waals surface area contributed by atoms with Crippen LogP contribution in [0, 0.1) is 6.92 Å². The topological polar surface area (TPSA) is 24.9 Å². The first-order valence-electron chi connectivity index (χ1n) is 4.91. The van der Waals surface area contributed by atoms with E-state index in [9.17, 15) is 0 Å². The third-order valence-corrected chi connectivity index (χ3v) is 3.22. The van der Waals surface area contributed by atoms with Crippen LogP contribution in [0.15, 0.2) is 18.3 Å². The fourth-order valence-corrected chi connectivity index (χ4v) is 1.51. The molecule has 0 aliphatic heterocycles. The van der Waals surface area contributed by atoms with E-state index in [0.717, 1.165) is 12.4 Å². The summed E-state index contributed by atoms with van der Waals surface area (Å²) < 4.78 is 0. The maximum Gasteiger partial charge on any atom is 0.126 e. The summed E-state index contributed by atoms with van der Waals surface area (Å²) in [6.07, 6.45) is 5.17. The van der Waals surface area contributed by atoms with E-state index in [0.29, 0.717) is 5.25 Å². The van der Waals surface area contributed by atoms with Gasteiger partial charge in [-0.3, -0.25) is 0 Å². The maximum atomic E-state index is 4.24. The molecule has 1 rings (SSSR count). The fourth-order valence-electron chi connectivity index (χ4n) is 1.15. The van der Waals surface area contributed by atoms with Crippen LogP contribution >= 0.6 is 11.8 Å². The van der Waals surface area contributed by atoms with Crippen LogP contribution in [0.25, 0.3) is 0 Å². The summed E-state index contributed by atoms with van der Waals surface area (Å²) in [6.45, 7) is 5.33. The molecule has 0 fully saturated rings. The minimum absolute atomic E-state index is 0.715. The highest BCUT2D eigenvalue weighted by Gasteiger charge is 1.98. The molecule has 1 unspecified atom stereocenters. The van der Waals surface area contributed by atoms with Gasteiger partial charge in [0, 0.05) is 18.0 Å². The number of anilines is 1. The third kappa shape index (κ3) is 4.01. The molecule has 0 bridgehead atoms. The minimum atomic E-state index is 0.715. The molecule has 14 heavy (non-hydrogen) atoms. The van der Waals surface area contributed by atoms with Crippen LogP contribution in [0.4, 0.5) is 5.82 Å². The van der Waals surface area contributed by atoms with E-state index in [-0.39, 0.29) is 0 Å². The Labute approximate surface area is 90.5 Å². The zero-order valence-corrected chi connectivity index (χ0v) is 9.90. The molecule has 0 saturated carbocycles. The van der Waals surface area contributed by atoms with Crippen molar-refractivity contribution in [1.82, 2.24) is 4.98 Å². The van der Waals surface area contributed by atoms with Gasteiger partial charge in [-0.1, -0.05) is 6.92 Å². The lowest BCUT2D eigenvalue weighted by Gasteiger charge is -2.09.